The number of methoxy groups -OCH3 is 1. The Balaban J connectivity index is 1.67. The molecule has 2 aliphatic heterocycles. The monoisotopic (exact) mass is 388 g/mol. The largest absolute Gasteiger partial charge is 0.497 e. The predicted octanol–water partition coefficient (Wildman–Crippen LogP) is 4.01. The molecule has 1 aromatic carbocycles. The van der Waals surface area contributed by atoms with Gasteiger partial charge in [-0.05, 0) is 64.2 Å². The normalized spacial score (nSPS) is 22.9. The molecule has 0 spiro atoms. The van der Waals surface area contributed by atoms with Gasteiger partial charge in [0.1, 0.15) is 11.4 Å². The lowest BCUT2D eigenvalue weighted by molar-refractivity contribution is -0.138. The summed E-state index contributed by atoms with van der Waals surface area (Å²) in [6, 6.07) is 8.09. The van der Waals surface area contributed by atoms with Crippen LogP contribution in [0.2, 0.25) is 0 Å². The molecule has 0 aromatic heterocycles. The number of ether oxygens (including phenoxy) is 2. The van der Waals surface area contributed by atoms with Gasteiger partial charge < -0.3 is 19.3 Å². The van der Waals surface area contributed by atoms with Crippen LogP contribution < -0.4 is 4.74 Å². The fourth-order valence-electron chi connectivity index (χ4n) is 4.11. The average molecular weight is 389 g/mol. The molecule has 2 fully saturated rings. The molecule has 0 N–H and O–H groups in total. The SMILES string of the molecule is COc1ccc([C@H]2CCCN2C(=O)[C@H]2CCCN(C(=O)OC(C)(C)C)C2)cc1. The molecular formula is C22H32N2O4. The van der Waals surface area contributed by atoms with E-state index in [0.717, 1.165) is 43.5 Å². The molecule has 1 aromatic rings. The summed E-state index contributed by atoms with van der Waals surface area (Å²) >= 11 is 0. The van der Waals surface area contributed by atoms with Gasteiger partial charge in [0, 0.05) is 19.6 Å². The van der Waals surface area contributed by atoms with Crippen LogP contribution in [-0.2, 0) is 9.53 Å². The molecule has 2 aliphatic rings. The van der Waals surface area contributed by atoms with Gasteiger partial charge >= 0.3 is 6.09 Å². The summed E-state index contributed by atoms with van der Waals surface area (Å²) in [6.07, 6.45) is 3.31. The zero-order valence-electron chi connectivity index (χ0n) is 17.4. The summed E-state index contributed by atoms with van der Waals surface area (Å²) < 4.78 is 10.7. The summed E-state index contributed by atoms with van der Waals surface area (Å²) in [7, 11) is 1.65. The van der Waals surface area contributed by atoms with Crippen LogP contribution in [0.3, 0.4) is 0 Å². The Bertz CT molecular complexity index is 695. The summed E-state index contributed by atoms with van der Waals surface area (Å²) in [6.45, 7) is 7.46. The minimum Gasteiger partial charge on any atom is -0.497 e. The van der Waals surface area contributed by atoms with Crippen molar-refractivity contribution in [1.29, 1.82) is 0 Å². The van der Waals surface area contributed by atoms with Crippen LogP contribution in [0.15, 0.2) is 24.3 Å². The third-order valence-corrected chi connectivity index (χ3v) is 5.46. The lowest BCUT2D eigenvalue weighted by Gasteiger charge is -2.36. The number of rotatable bonds is 3. The molecule has 6 nitrogen and oxygen atoms in total. The van der Waals surface area contributed by atoms with Crippen LogP contribution >= 0.6 is 0 Å². The van der Waals surface area contributed by atoms with Crippen molar-refractivity contribution in [2.45, 2.75) is 58.1 Å². The van der Waals surface area contributed by atoms with E-state index in [0.29, 0.717) is 13.1 Å². The number of nitrogens with zero attached hydrogens (tertiary/aromatic N) is 2. The van der Waals surface area contributed by atoms with E-state index >= 15 is 0 Å². The van der Waals surface area contributed by atoms with Gasteiger partial charge in [0.25, 0.3) is 0 Å². The molecule has 28 heavy (non-hydrogen) atoms. The van der Waals surface area contributed by atoms with Gasteiger partial charge in [-0.1, -0.05) is 12.1 Å². The molecule has 2 atom stereocenters. The molecule has 2 heterocycles. The van der Waals surface area contributed by atoms with Gasteiger partial charge in [-0.15, -0.1) is 0 Å². The Morgan fingerprint density at radius 1 is 1.04 bits per heavy atom. The fraction of sp³-hybridized carbons (Fsp3) is 0.636. The zero-order valence-corrected chi connectivity index (χ0v) is 17.4. The maximum atomic E-state index is 13.3. The van der Waals surface area contributed by atoms with Crippen molar-refractivity contribution >= 4 is 12.0 Å². The molecule has 0 aliphatic carbocycles. The van der Waals surface area contributed by atoms with Crippen LogP contribution in [0.4, 0.5) is 4.79 Å². The number of hydrogen-bond donors (Lipinski definition) is 0. The van der Waals surface area contributed by atoms with Gasteiger partial charge in [-0.25, -0.2) is 4.79 Å². The molecular weight excluding hydrogens is 356 g/mol. The summed E-state index contributed by atoms with van der Waals surface area (Å²) in [5.41, 5.74) is 0.620. The lowest BCUT2D eigenvalue weighted by Crippen LogP contribution is -2.47. The predicted molar refractivity (Wildman–Crippen MR) is 107 cm³/mol. The maximum absolute atomic E-state index is 13.3. The minimum atomic E-state index is -0.525. The molecule has 0 unspecified atom stereocenters. The molecule has 0 saturated carbocycles. The van der Waals surface area contributed by atoms with Gasteiger partial charge in [0.05, 0.1) is 19.1 Å². The average Bonchev–Trinajstić information content (AvgIpc) is 3.16. The highest BCUT2D eigenvalue weighted by Crippen LogP contribution is 2.35. The first kappa shape index (κ1) is 20.5. The highest BCUT2D eigenvalue weighted by Gasteiger charge is 2.37. The molecule has 3 rings (SSSR count). The smallest absolute Gasteiger partial charge is 0.410 e. The van der Waals surface area contributed by atoms with Crippen molar-refractivity contribution < 1.29 is 19.1 Å². The number of carbonyl (C=O) groups excluding carboxylic acids is 2. The fourth-order valence-corrected chi connectivity index (χ4v) is 4.11. The molecule has 2 amide bonds. The van der Waals surface area contributed by atoms with Gasteiger partial charge in [-0.3, -0.25) is 4.79 Å². The van der Waals surface area contributed by atoms with Crippen LogP contribution in [0.25, 0.3) is 0 Å². The first-order chi connectivity index (χ1) is 13.3. The summed E-state index contributed by atoms with van der Waals surface area (Å²) in [4.78, 5) is 29.4. The number of piperidine rings is 1. The highest BCUT2D eigenvalue weighted by molar-refractivity contribution is 5.81. The molecule has 0 radical (unpaired) electrons. The lowest BCUT2D eigenvalue weighted by atomic mass is 9.95. The third kappa shape index (κ3) is 4.78. The van der Waals surface area contributed by atoms with E-state index in [4.69, 9.17) is 9.47 Å². The second-order valence-corrected chi connectivity index (χ2v) is 8.73. The summed E-state index contributed by atoms with van der Waals surface area (Å²) in [5, 5.41) is 0. The number of carbonyl (C=O) groups is 2. The molecule has 6 heteroatoms. The van der Waals surface area contributed by atoms with Crippen molar-refractivity contribution in [2.24, 2.45) is 5.92 Å². The van der Waals surface area contributed by atoms with E-state index in [-0.39, 0.29) is 24.0 Å². The second-order valence-electron chi connectivity index (χ2n) is 8.73. The summed E-state index contributed by atoms with van der Waals surface area (Å²) in [5.74, 6) is 0.826. The van der Waals surface area contributed by atoms with Crippen molar-refractivity contribution in [1.82, 2.24) is 9.80 Å². The second kappa shape index (κ2) is 8.41. The number of amides is 2. The standard InChI is InChI=1S/C22H32N2O4/c1-22(2,3)28-21(26)23-13-5-7-17(15-23)20(25)24-14-6-8-19(24)16-9-11-18(27-4)12-10-16/h9-12,17,19H,5-8,13-15H2,1-4H3/t17-,19+/m0/s1. The maximum Gasteiger partial charge on any atom is 0.410 e. The van der Waals surface area contributed by atoms with Gasteiger partial charge in [-0.2, -0.15) is 0 Å². The van der Waals surface area contributed by atoms with E-state index in [2.05, 4.69) is 0 Å². The first-order valence-corrected chi connectivity index (χ1v) is 10.2. The van der Waals surface area contributed by atoms with Crippen molar-refractivity contribution in [3.8, 4) is 5.75 Å². The van der Waals surface area contributed by atoms with Crippen LogP contribution in [-0.4, -0.2) is 54.1 Å². The van der Waals surface area contributed by atoms with E-state index in [1.165, 1.54) is 0 Å². The number of likely N-dealkylation sites (tertiary alicyclic amines) is 2. The Morgan fingerprint density at radius 3 is 2.36 bits per heavy atom. The van der Waals surface area contributed by atoms with E-state index in [1.807, 2.05) is 49.9 Å². The van der Waals surface area contributed by atoms with Crippen LogP contribution in [0, 0.1) is 5.92 Å². The first-order valence-electron chi connectivity index (χ1n) is 10.2. The third-order valence-electron chi connectivity index (χ3n) is 5.46. The van der Waals surface area contributed by atoms with E-state index < -0.39 is 5.60 Å². The number of benzene rings is 1. The topological polar surface area (TPSA) is 59.1 Å². The van der Waals surface area contributed by atoms with Gasteiger partial charge in [0.2, 0.25) is 5.91 Å². The Labute approximate surface area is 167 Å². The highest BCUT2D eigenvalue weighted by atomic mass is 16.6. The molecule has 0 bridgehead atoms. The minimum absolute atomic E-state index is 0.107. The molecule has 2 saturated heterocycles. The van der Waals surface area contributed by atoms with Gasteiger partial charge in [0.15, 0.2) is 0 Å². The van der Waals surface area contributed by atoms with Crippen molar-refractivity contribution in [3.63, 3.8) is 0 Å². The van der Waals surface area contributed by atoms with E-state index in [9.17, 15) is 9.59 Å². The molecule has 154 valence electrons. The Hall–Kier alpha value is -2.24. The quantitative estimate of drug-likeness (QED) is 0.785. The van der Waals surface area contributed by atoms with Crippen molar-refractivity contribution in [3.05, 3.63) is 29.8 Å². The van der Waals surface area contributed by atoms with E-state index in [1.54, 1.807) is 12.0 Å². The van der Waals surface area contributed by atoms with Crippen molar-refractivity contribution in [2.75, 3.05) is 26.7 Å². The zero-order chi connectivity index (χ0) is 20.3. The Kier molecular flexibility index (Phi) is 6.16. The van der Waals surface area contributed by atoms with Crippen LogP contribution in [0.1, 0.15) is 58.1 Å². The number of hydrogen-bond acceptors (Lipinski definition) is 4. The Morgan fingerprint density at radius 2 is 1.71 bits per heavy atom. The van der Waals surface area contributed by atoms with Crippen LogP contribution in [0.5, 0.6) is 5.75 Å².